The molecule has 0 amide bonds. The van der Waals surface area contributed by atoms with Gasteiger partial charge in [0.15, 0.2) is 0 Å². The second-order valence-electron chi connectivity index (χ2n) is 4.28. The maximum absolute atomic E-state index is 11.5. The highest BCUT2D eigenvalue weighted by atomic mass is 32.1. The Morgan fingerprint density at radius 3 is 2.33 bits per heavy atom. The standard InChI is InChI=1S/C8H15NO6P2S/c10-16(11,12)8(17(13,14)15)4-7(2-1-3-18)5-9-6-8/h3,6-7H,1-2,4-5H2,(H2,10,11,12)(H2,13,14,15). The molecular formula is C8H15NO6P2S. The maximum Gasteiger partial charge on any atom is 0.349 e. The summed E-state index contributed by atoms with van der Waals surface area (Å²) in [5.41, 5.74) is 0. The third kappa shape index (κ3) is 3.14. The van der Waals surface area contributed by atoms with Gasteiger partial charge < -0.3 is 19.6 Å². The van der Waals surface area contributed by atoms with Gasteiger partial charge in [0, 0.05) is 12.8 Å². The van der Waals surface area contributed by atoms with Crippen molar-refractivity contribution in [3.05, 3.63) is 0 Å². The summed E-state index contributed by atoms with van der Waals surface area (Å²) < 4.78 is 22.9. The lowest BCUT2D eigenvalue weighted by Gasteiger charge is -2.36. The number of hydrogen-bond acceptors (Lipinski definition) is 4. The summed E-state index contributed by atoms with van der Waals surface area (Å²) in [6, 6.07) is 0. The lowest BCUT2D eigenvalue weighted by Crippen LogP contribution is -2.37. The fourth-order valence-corrected chi connectivity index (χ4v) is 4.89. The third-order valence-electron chi connectivity index (χ3n) is 2.95. The molecule has 7 nitrogen and oxygen atoms in total. The first-order chi connectivity index (χ1) is 8.14. The zero-order chi connectivity index (χ0) is 14.0. The number of thiocarbonyl (C=S) groups is 1. The zero-order valence-electron chi connectivity index (χ0n) is 9.42. The summed E-state index contributed by atoms with van der Waals surface area (Å²) in [5, 5.41) is 1.48. The summed E-state index contributed by atoms with van der Waals surface area (Å²) in [5.74, 6) is -0.297. The Labute approximate surface area is 110 Å². The van der Waals surface area contributed by atoms with E-state index in [1.807, 2.05) is 0 Å². The zero-order valence-corrected chi connectivity index (χ0v) is 12.0. The van der Waals surface area contributed by atoms with E-state index < -0.39 is 20.1 Å². The lowest BCUT2D eigenvalue weighted by molar-refractivity contribution is 0.304. The summed E-state index contributed by atoms with van der Waals surface area (Å²) >= 11 is 4.65. The first kappa shape index (κ1) is 16.1. The number of hydrogen-bond donors (Lipinski definition) is 4. The van der Waals surface area contributed by atoms with E-state index in [9.17, 15) is 28.7 Å². The topological polar surface area (TPSA) is 127 Å². The molecule has 104 valence electrons. The molecule has 0 spiro atoms. The molecule has 18 heavy (non-hydrogen) atoms. The van der Waals surface area contributed by atoms with E-state index in [1.165, 1.54) is 5.37 Å². The summed E-state index contributed by atoms with van der Waals surface area (Å²) in [6.45, 7) is 0.297. The molecule has 10 heteroatoms. The summed E-state index contributed by atoms with van der Waals surface area (Å²) in [4.78, 5) is 38.3. The molecule has 0 radical (unpaired) electrons. The van der Waals surface area contributed by atoms with Crippen LogP contribution in [0.4, 0.5) is 0 Å². The highest BCUT2D eigenvalue weighted by Crippen LogP contribution is 2.71. The van der Waals surface area contributed by atoms with E-state index in [4.69, 9.17) is 0 Å². The van der Waals surface area contributed by atoms with Crippen LogP contribution in [0.3, 0.4) is 0 Å². The molecule has 4 N–H and O–H groups in total. The summed E-state index contributed by atoms with van der Waals surface area (Å²) in [7, 11) is -10.0. The van der Waals surface area contributed by atoms with Gasteiger partial charge in [-0.05, 0) is 30.5 Å². The van der Waals surface area contributed by atoms with Crippen molar-refractivity contribution in [2.75, 3.05) is 6.54 Å². The van der Waals surface area contributed by atoms with E-state index in [-0.39, 0.29) is 12.3 Å². The highest BCUT2D eigenvalue weighted by Gasteiger charge is 2.60. The van der Waals surface area contributed by atoms with Crippen LogP contribution in [0.1, 0.15) is 19.3 Å². The normalized spacial score (nSPS) is 23.9. The minimum Gasteiger partial charge on any atom is -0.323 e. The molecule has 0 aromatic rings. The van der Waals surface area contributed by atoms with Gasteiger partial charge in [-0.1, -0.05) is 12.2 Å². The van der Waals surface area contributed by atoms with Crippen molar-refractivity contribution in [2.24, 2.45) is 10.9 Å². The van der Waals surface area contributed by atoms with Gasteiger partial charge in [-0.2, -0.15) is 0 Å². The van der Waals surface area contributed by atoms with Crippen molar-refractivity contribution in [1.29, 1.82) is 0 Å². The Morgan fingerprint density at radius 1 is 1.33 bits per heavy atom. The van der Waals surface area contributed by atoms with Gasteiger partial charge in [-0.3, -0.25) is 14.1 Å². The fourth-order valence-electron chi connectivity index (χ4n) is 1.95. The first-order valence-electron chi connectivity index (χ1n) is 5.20. The monoisotopic (exact) mass is 315 g/mol. The van der Waals surface area contributed by atoms with Crippen LogP contribution in [0, 0.1) is 5.92 Å². The Morgan fingerprint density at radius 2 is 1.89 bits per heavy atom. The highest BCUT2D eigenvalue weighted by molar-refractivity contribution is 7.79. The van der Waals surface area contributed by atoms with Crippen molar-refractivity contribution in [3.63, 3.8) is 0 Å². The van der Waals surface area contributed by atoms with Crippen LogP contribution in [-0.2, 0) is 9.13 Å². The molecule has 0 bridgehead atoms. The van der Waals surface area contributed by atoms with E-state index >= 15 is 0 Å². The smallest absolute Gasteiger partial charge is 0.323 e. The largest absolute Gasteiger partial charge is 0.349 e. The molecule has 1 aliphatic rings. The average molecular weight is 315 g/mol. The molecule has 0 aromatic carbocycles. The van der Waals surface area contributed by atoms with Gasteiger partial charge in [0.1, 0.15) is 0 Å². The van der Waals surface area contributed by atoms with Crippen LogP contribution < -0.4 is 0 Å². The molecule has 0 saturated carbocycles. The van der Waals surface area contributed by atoms with Gasteiger partial charge >= 0.3 is 15.2 Å². The van der Waals surface area contributed by atoms with Crippen molar-refractivity contribution in [3.8, 4) is 0 Å². The van der Waals surface area contributed by atoms with Crippen LogP contribution >= 0.6 is 27.4 Å². The predicted octanol–water partition coefficient (Wildman–Crippen LogP) is 0.909. The average Bonchev–Trinajstić information content (AvgIpc) is 2.23. The Bertz CT molecular complexity index is 419. The van der Waals surface area contributed by atoms with Gasteiger partial charge in [0.05, 0.1) is 0 Å². The van der Waals surface area contributed by atoms with Crippen molar-refractivity contribution in [2.45, 2.75) is 24.2 Å². The quantitative estimate of drug-likeness (QED) is 0.438. The lowest BCUT2D eigenvalue weighted by atomic mass is 9.96. The molecule has 1 unspecified atom stereocenters. The van der Waals surface area contributed by atoms with Crippen LogP contribution in [0.15, 0.2) is 4.99 Å². The van der Waals surface area contributed by atoms with Crippen molar-refractivity contribution < 1.29 is 28.7 Å². The second kappa shape index (κ2) is 5.59. The predicted molar refractivity (Wildman–Crippen MR) is 71.2 cm³/mol. The Balaban J connectivity index is 3.11. The first-order valence-corrected chi connectivity index (χ1v) is 8.89. The SMILES string of the molecule is O=P(O)(O)C1(P(=O)(O)O)C=NCC(CCC=S)C1. The minimum atomic E-state index is -5.01. The van der Waals surface area contributed by atoms with Crippen LogP contribution in [0.25, 0.3) is 0 Å². The molecule has 1 atom stereocenters. The summed E-state index contributed by atoms with van der Waals surface area (Å²) in [6.07, 6.45) is 1.49. The number of aliphatic imine (C=N–C) groups is 1. The molecule has 1 rings (SSSR count). The van der Waals surface area contributed by atoms with Gasteiger partial charge in [-0.25, -0.2) is 0 Å². The van der Waals surface area contributed by atoms with Crippen LogP contribution in [0.2, 0.25) is 0 Å². The molecule has 0 aromatic heterocycles. The van der Waals surface area contributed by atoms with Gasteiger partial charge in [0.25, 0.3) is 0 Å². The second-order valence-corrected chi connectivity index (χ2v) is 8.73. The van der Waals surface area contributed by atoms with Crippen LogP contribution in [0.5, 0.6) is 0 Å². The van der Waals surface area contributed by atoms with Crippen molar-refractivity contribution in [1.82, 2.24) is 0 Å². The number of rotatable bonds is 5. The van der Waals surface area contributed by atoms with E-state index in [2.05, 4.69) is 17.2 Å². The minimum absolute atomic E-state index is 0.284. The molecule has 0 aliphatic carbocycles. The van der Waals surface area contributed by atoms with E-state index in [1.54, 1.807) is 0 Å². The molecule has 1 heterocycles. The van der Waals surface area contributed by atoms with Gasteiger partial charge in [0.2, 0.25) is 4.90 Å². The third-order valence-corrected chi connectivity index (χ3v) is 7.37. The van der Waals surface area contributed by atoms with Crippen molar-refractivity contribution >= 4 is 39.0 Å². The Hall–Kier alpha value is 0.0600. The molecule has 0 saturated heterocycles. The Kier molecular flexibility index (Phi) is 5.00. The van der Waals surface area contributed by atoms with Crippen LogP contribution in [-0.4, -0.2) is 42.6 Å². The maximum atomic E-state index is 11.5. The molecular weight excluding hydrogens is 300 g/mol. The van der Waals surface area contributed by atoms with E-state index in [0.29, 0.717) is 19.4 Å². The number of nitrogens with zero attached hydrogens (tertiary/aromatic N) is 1. The van der Waals surface area contributed by atoms with E-state index in [0.717, 1.165) is 6.21 Å². The molecule has 0 fully saturated rings. The molecule has 1 aliphatic heterocycles. The fraction of sp³-hybridized carbons (Fsp3) is 0.750. The van der Waals surface area contributed by atoms with Gasteiger partial charge in [-0.15, -0.1) is 0 Å².